The maximum absolute atomic E-state index is 14.4. The molecule has 1 aliphatic rings. The number of hydrogen-bond donors (Lipinski definition) is 3. The van der Waals surface area contributed by atoms with E-state index in [0.717, 1.165) is 39.0 Å². The average Bonchev–Trinajstić information content (AvgIpc) is 3.21. The lowest BCUT2D eigenvalue weighted by molar-refractivity contribution is 0.102. The summed E-state index contributed by atoms with van der Waals surface area (Å²) < 4.78 is 15.9. The number of carbonyl (C=O) groups is 1. The van der Waals surface area contributed by atoms with Crippen molar-refractivity contribution >= 4 is 34.0 Å². The molecule has 166 valence electrons. The minimum atomic E-state index is -0.500. The van der Waals surface area contributed by atoms with Crippen LogP contribution in [0, 0.1) is 12.7 Å². The maximum Gasteiger partial charge on any atom is 0.257 e. The minimum absolute atomic E-state index is 0.224. The lowest BCUT2D eigenvalue weighted by Gasteiger charge is -2.30. The fourth-order valence-corrected chi connectivity index (χ4v) is 3.83. The van der Waals surface area contributed by atoms with Gasteiger partial charge in [-0.1, -0.05) is 0 Å². The fraction of sp³-hybridized carbons (Fsp3) is 0.273. The molecule has 3 aromatic heterocycles. The monoisotopic (exact) mass is 437 g/mol. The standard InChI is InChI=1S/C21H20FN7O.CH4O/c1-13-11-29-12-14(10-16(22)20(29)26-13)27-21(30)15-2-3-17(28-8-6-23-7-9-28)19-18(15)24-4-5-25-19;1-2/h2-5,10-12,23H,6-9H2,1H3,(H,27,30);2H,1H3. The summed E-state index contributed by atoms with van der Waals surface area (Å²) in [5, 5.41) is 13.1. The van der Waals surface area contributed by atoms with Crippen LogP contribution in [0.4, 0.5) is 15.8 Å². The summed E-state index contributed by atoms with van der Waals surface area (Å²) in [6, 6.07) is 4.92. The van der Waals surface area contributed by atoms with E-state index in [-0.39, 0.29) is 11.6 Å². The van der Waals surface area contributed by atoms with Crippen LogP contribution in [-0.4, -0.2) is 63.7 Å². The largest absolute Gasteiger partial charge is 0.400 e. The molecule has 1 aliphatic heterocycles. The molecule has 0 saturated carbocycles. The zero-order chi connectivity index (χ0) is 22.7. The number of halogens is 1. The molecular weight excluding hydrogens is 413 g/mol. The Hall–Kier alpha value is -3.63. The third-order valence-electron chi connectivity index (χ3n) is 5.19. The number of hydrogen-bond acceptors (Lipinski definition) is 7. The van der Waals surface area contributed by atoms with Gasteiger partial charge >= 0.3 is 0 Å². The second-order valence-electron chi connectivity index (χ2n) is 7.27. The number of aliphatic hydroxyl groups is 1. The molecule has 9 nitrogen and oxygen atoms in total. The highest BCUT2D eigenvalue weighted by Gasteiger charge is 2.19. The normalized spacial score (nSPS) is 13.7. The molecule has 3 N–H and O–H groups in total. The summed E-state index contributed by atoms with van der Waals surface area (Å²) >= 11 is 0. The molecule has 0 aliphatic carbocycles. The van der Waals surface area contributed by atoms with E-state index in [0.29, 0.717) is 28.0 Å². The van der Waals surface area contributed by atoms with Crippen molar-refractivity contribution in [2.45, 2.75) is 6.92 Å². The van der Waals surface area contributed by atoms with E-state index in [2.05, 4.69) is 30.5 Å². The van der Waals surface area contributed by atoms with Gasteiger partial charge in [-0.25, -0.2) is 9.37 Å². The highest BCUT2D eigenvalue weighted by atomic mass is 19.1. The minimum Gasteiger partial charge on any atom is -0.400 e. The molecule has 0 unspecified atom stereocenters. The van der Waals surface area contributed by atoms with Crippen LogP contribution in [0.2, 0.25) is 0 Å². The lowest BCUT2D eigenvalue weighted by Crippen LogP contribution is -2.43. The predicted octanol–water partition coefficient (Wildman–Crippen LogP) is 2.00. The van der Waals surface area contributed by atoms with E-state index < -0.39 is 5.82 Å². The number of amides is 1. The number of carbonyl (C=O) groups excluding carboxylic acids is 1. The Bertz CT molecular complexity index is 1270. The smallest absolute Gasteiger partial charge is 0.257 e. The van der Waals surface area contributed by atoms with Gasteiger partial charge in [0, 0.05) is 64.1 Å². The number of fused-ring (bicyclic) bond motifs is 2. The molecule has 4 aromatic rings. The van der Waals surface area contributed by atoms with Crippen LogP contribution >= 0.6 is 0 Å². The maximum atomic E-state index is 14.4. The van der Waals surface area contributed by atoms with Gasteiger partial charge in [0.15, 0.2) is 11.5 Å². The summed E-state index contributed by atoms with van der Waals surface area (Å²) in [7, 11) is 1.00. The number of imidazole rings is 1. The van der Waals surface area contributed by atoms with E-state index in [1.165, 1.54) is 6.07 Å². The van der Waals surface area contributed by atoms with Crippen LogP contribution in [0.15, 0.2) is 43.0 Å². The summed E-state index contributed by atoms with van der Waals surface area (Å²) in [5.41, 5.74) is 3.80. The first kappa shape index (κ1) is 21.6. The van der Waals surface area contributed by atoms with Gasteiger partial charge in [0.05, 0.1) is 22.6 Å². The quantitative estimate of drug-likeness (QED) is 0.450. The molecule has 0 atom stereocenters. The molecule has 1 saturated heterocycles. The van der Waals surface area contributed by atoms with Crippen LogP contribution < -0.4 is 15.5 Å². The number of aromatic nitrogens is 4. The van der Waals surface area contributed by atoms with Crippen molar-refractivity contribution in [3.63, 3.8) is 0 Å². The van der Waals surface area contributed by atoms with Crippen molar-refractivity contribution in [3.05, 3.63) is 60.1 Å². The molecule has 1 aromatic carbocycles. The summed E-state index contributed by atoms with van der Waals surface area (Å²) in [6.07, 6.45) is 6.54. The van der Waals surface area contributed by atoms with E-state index in [1.807, 2.05) is 6.07 Å². The number of anilines is 2. The molecule has 1 fully saturated rings. The van der Waals surface area contributed by atoms with Gasteiger partial charge in [-0.05, 0) is 19.1 Å². The number of nitrogens with one attached hydrogen (secondary N) is 2. The summed E-state index contributed by atoms with van der Waals surface area (Å²) in [5.74, 6) is -0.873. The highest BCUT2D eigenvalue weighted by molar-refractivity contribution is 6.13. The molecule has 0 bridgehead atoms. The molecule has 0 radical (unpaired) electrons. The molecule has 1 amide bonds. The number of pyridine rings is 1. The van der Waals surface area contributed by atoms with Gasteiger partial charge < -0.3 is 25.0 Å². The van der Waals surface area contributed by atoms with Crippen molar-refractivity contribution in [2.75, 3.05) is 43.5 Å². The van der Waals surface area contributed by atoms with Crippen LogP contribution in [0.25, 0.3) is 16.7 Å². The zero-order valence-electron chi connectivity index (χ0n) is 17.8. The van der Waals surface area contributed by atoms with Gasteiger partial charge in [-0.15, -0.1) is 0 Å². The van der Waals surface area contributed by atoms with E-state index in [1.54, 1.807) is 42.2 Å². The van der Waals surface area contributed by atoms with Crippen molar-refractivity contribution in [1.29, 1.82) is 0 Å². The Morgan fingerprint density at radius 3 is 2.59 bits per heavy atom. The van der Waals surface area contributed by atoms with Gasteiger partial charge in [-0.2, -0.15) is 0 Å². The zero-order valence-corrected chi connectivity index (χ0v) is 17.8. The van der Waals surface area contributed by atoms with Crippen molar-refractivity contribution in [1.82, 2.24) is 24.7 Å². The first-order valence-corrected chi connectivity index (χ1v) is 10.2. The second-order valence-corrected chi connectivity index (χ2v) is 7.27. The molecule has 32 heavy (non-hydrogen) atoms. The number of nitrogens with zero attached hydrogens (tertiary/aromatic N) is 5. The second kappa shape index (κ2) is 9.25. The number of piperazine rings is 1. The fourth-order valence-electron chi connectivity index (χ4n) is 3.83. The van der Waals surface area contributed by atoms with Crippen LogP contribution in [0.3, 0.4) is 0 Å². The lowest BCUT2D eigenvalue weighted by atomic mass is 10.1. The number of aliphatic hydroxyl groups excluding tert-OH is 1. The van der Waals surface area contributed by atoms with Gasteiger partial charge in [-0.3, -0.25) is 14.8 Å². The van der Waals surface area contributed by atoms with Crippen molar-refractivity contribution < 1.29 is 14.3 Å². The molecule has 4 heterocycles. The van der Waals surface area contributed by atoms with Crippen LogP contribution in [-0.2, 0) is 0 Å². The number of aryl methyl sites for hydroxylation is 1. The van der Waals surface area contributed by atoms with E-state index in [4.69, 9.17) is 5.11 Å². The van der Waals surface area contributed by atoms with Crippen LogP contribution in [0.1, 0.15) is 16.1 Å². The third-order valence-corrected chi connectivity index (χ3v) is 5.19. The summed E-state index contributed by atoms with van der Waals surface area (Å²) in [4.78, 5) is 28.3. The number of benzene rings is 1. The first-order chi connectivity index (χ1) is 15.6. The Balaban J connectivity index is 0.00000119. The van der Waals surface area contributed by atoms with Gasteiger partial charge in [0.25, 0.3) is 5.91 Å². The summed E-state index contributed by atoms with van der Waals surface area (Å²) in [6.45, 7) is 5.30. The number of rotatable bonds is 3. The Kier molecular flexibility index (Phi) is 6.24. The van der Waals surface area contributed by atoms with Gasteiger partial charge in [0.1, 0.15) is 11.0 Å². The van der Waals surface area contributed by atoms with E-state index >= 15 is 0 Å². The third kappa shape index (κ3) is 4.10. The molecular formula is C22H24FN7O2. The Morgan fingerprint density at radius 1 is 1.12 bits per heavy atom. The van der Waals surface area contributed by atoms with Crippen molar-refractivity contribution in [3.8, 4) is 0 Å². The van der Waals surface area contributed by atoms with E-state index in [9.17, 15) is 9.18 Å². The topological polar surface area (TPSA) is 108 Å². The highest BCUT2D eigenvalue weighted by Crippen LogP contribution is 2.27. The molecule has 5 rings (SSSR count). The average molecular weight is 437 g/mol. The molecule has 0 spiro atoms. The Morgan fingerprint density at radius 2 is 1.84 bits per heavy atom. The Labute approximate surface area is 183 Å². The van der Waals surface area contributed by atoms with Crippen LogP contribution in [0.5, 0.6) is 0 Å². The first-order valence-electron chi connectivity index (χ1n) is 10.2. The molecule has 10 heteroatoms. The van der Waals surface area contributed by atoms with Gasteiger partial charge in [0.2, 0.25) is 0 Å². The SMILES string of the molecule is CO.Cc1cn2cc(NC(=O)c3ccc(N4CCNCC4)c4nccnc34)cc(F)c2n1. The predicted molar refractivity (Wildman–Crippen MR) is 121 cm³/mol. The van der Waals surface area contributed by atoms with Crippen molar-refractivity contribution in [2.24, 2.45) is 0 Å².